The molecule has 0 radical (unpaired) electrons. The van der Waals surface area contributed by atoms with Crippen LogP contribution in [-0.2, 0) is 0 Å². The smallest absolute Gasteiger partial charge is 0.0805 e. The van der Waals surface area contributed by atoms with E-state index in [1.165, 1.54) is 32.1 Å². The third-order valence-electron chi connectivity index (χ3n) is 9.02. The molecule has 0 spiro atoms. The molecular weight excluding hydrogens is 284 g/mol. The summed E-state index contributed by atoms with van der Waals surface area (Å²) < 4.78 is 0. The summed E-state index contributed by atoms with van der Waals surface area (Å²) in [5.74, 6) is 2.18. The molecule has 0 aromatic rings. The topological polar surface area (TPSA) is 40.5 Å². The molecule has 4 aliphatic rings. The highest BCUT2D eigenvalue weighted by molar-refractivity contribution is 5.23. The lowest BCUT2D eigenvalue weighted by Gasteiger charge is -2.64. The van der Waals surface area contributed by atoms with E-state index in [1.54, 1.807) is 0 Å². The van der Waals surface area contributed by atoms with Crippen LogP contribution >= 0.6 is 0 Å². The van der Waals surface area contributed by atoms with E-state index in [0.29, 0.717) is 5.92 Å². The van der Waals surface area contributed by atoms with Crippen molar-refractivity contribution >= 4 is 0 Å². The van der Waals surface area contributed by atoms with Crippen molar-refractivity contribution in [3.63, 3.8) is 0 Å². The van der Waals surface area contributed by atoms with Crippen molar-refractivity contribution in [1.82, 2.24) is 0 Å². The van der Waals surface area contributed by atoms with Crippen molar-refractivity contribution < 1.29 is 10.2 Å². The fourth-order valence-electron chi connectivity index (χ4n) is 7.41. The summed E-state index contributed by atoms with van der Waals surface area (Å²) in [6.07, 6.45) is 12.4. The van der Waals surface area contributed by atoms with Crippen LogP contribution in [0.2, 0.25) is 0 Å². The summed E-state index contributed by atoms with van der Waals surface area (Å²) in [6, 6.07) is 0. The van der Waals surface area contributed by atoms with E-state index in [2.05, 4.69) is 32.9 Å². The molecule has 4 rings (SSSR count). The van der Waals surface area contributed by atoms with E-state index >= 15 is 0 Å². The van der Waals surface area contributed by atoms with Gasteiger partial charge in [0.1, 0.15) is 0 Å². The maximum absolute atomic E-state index is 10.6. The Morgan fingerprint density at radius 3 is 2.35 bits per heavy atom. The standard InChI is InChI=1S/C21H34O2/c1-18-9-7-14-15-5-6-17(22)20(15,3)10-8-16(14)21(18,4)12-11-19(2,23)13-18/h11-12,14-17,22-23H,5-10,13H2,1-4H3/t14-,15+,16+,17+,18+,19-,20+,21-/m1/s1. The van der Waals surface area contributed by atoms with E-state index in [1.807, 2.05) is 6.92 Å². The van der Waals surface area contributed by atoms with Crippen molar-refractivity contribution in [1.29, 1.82) is 0 Å². The Morgan fingerprint density at radius 2 is 1.61 bits per heavy atom. The molecule has 0 saturated heterocycles. The van der Waals surface area contributed by atoms with Gasteiger partial charge < -0.3 is 10.2 Å². The van der Waals surface area contributed by atoms with Gasteiger partial charge >= 0.3 is 0 Å². The number of hydrogen-bond donors (Lipinski definition) is 2. The average molecular weight is 319 g/mol. The summed E-state index contributed by atoms with van der Waals surface area (Å²) in [4.78, 5) is 0. The predicted octanol–water partition coefficient (Wildman–Crippen LogP) is 4.31. The lowest BCUT2D eigenvalue weighted by Crippen LogP contribution is -2.58. The van der Waals surface area contributed by atoms with Gasteiger partial charge in [0.05, 0.1) is 11.7 Å². The summed E-state index contributed by atoms with van der Waals surface area (Å²) >= 11 is 0. The fourth-order valence-corrected chi connectivity index (χ4v) is 7.41. The van der Waals surface area contributed by atoms with Crippen LogP contribution in [0.1, 0.15) is 72.6 Å². The lowest BCUT2D eigenvalue weighted by atomic mass is 9.41. The Balaban J connectivity index is 1.72. The summed E-state index contributed by atoms with van der Waals surface area (Å²) in [5.41, 5.74) is -0.0760. The van der Waals surface area contributed by atoms with Gasteiger partial charge in [0.2, 0.25) is 0 Å². The largest absolute Gasteiger partial charge is 0.393 e. The zero-order valence-corrected chi connectivity index (χ0v) is 15.3. The predicted molar refractivity (Wildman–Crippen MR) is 92.9 cm³/mol. The highest BCUT2D eigenvalue weighted by Gasteiger charge is 2.63. The van der Waals surface area contributed by atoms with Crippen LogP contribution < -0.4 is 0 Å². The summed E-state index contributed by atoms with van der Waals surface area (Å²) in [6.45, 7) is 9.19. The molecule has 3 fully saturated rings. The Morgan fingerprint density at radius 1 is 0.870 bits per heavy atom. The number of hydrogen-bond acceptors (Lipinski definition) is 2. The second-order valence-corrected chi connectivity index (χ2v) is 10.3. The molecule has 0 amide bonds. The SMILES string of the molecule is C[C@]12CC[C@H]3[C@H](CC[C@@]4(C)C[C@](C)(O)C=C[C@]34C)[C@@H]1CC[C@@H]2O. The molecule has 0 heterocycles. The zero-order valence-electron chi connectivity index (χ0n) is 15.3. The summed E-state index contributed by atoms with van der Waals surface area (Å²) in [5, 5.41) is 21.1. The van der Waals surface area contributed by atoms with Crippen molar-refractivity contribution in [2.24, 2.45) is 34.0 Å². The average Bonchev–Trinajstić information content (AvgIpc) is 2.76. The van der Waals surface area contributed by atoms with Crippen molar-refractivity contribution in [2.45, 2.75) is 84.3 Å². The minimum Gasteiger partial charge on any atom is -0.393 e. The van der Waals surface area contributed by atoms with Gasteiger partial charge in [-0.25, -0.2) is 0 Å². The van der Waals surface area contributed by atoms with Crippen molar-refractivity contribution in [2.75, 3.05) is 0 Å². The molecule has 23 heavy (non-hydrogen) atoms. The second-order valence-electron chi connectivity index (χ2n) is 10.3. The van der Waals surface area contributed by atoms with E-state index in [-0.39, 0.29) is 22.3 Å². The van der Waals surface area contributed by atoms with Gasteiger partial charge in [-0.05, 0) is 85.9 Å². The second kappa shape index (κ2) is 4.64. The van der Waals surface area contributed by atoms with Gasteiger partial charge in [0.15, 0.2) is 0 Å². The molecule has 0 aliphatic heterocycles. The first kappa shape index (κ1) is 16.1. The monoisotopic (exact) mass is 318 g/mol. The van der Waals surface area contributed by atoms with Gasteiger partial charge in [-0.1, -0.05) is 32.9 Å². The third kappa shape index (κ3) is 2.00. The number of aliphatic hydroxyl groups excluding tert-OH is 1. The van der Waals surface area contributed by atoms with Gasteiger partial charge in [0.25, 0.3) is 0 Å². The van der Waals surface area contributed by atoms with E-state index in [9.17, 15) is 10.2 Å². The first-order valence-corrected chi connectivity index (χ1v) is 9.72. The third-order valence-corrected chi connectivity index (χ3v) is 9.02. The lowest BCUT2D eigenvalue weighted by molar-refractivity contribution is -0.142. The molecule has 8 atom stereocenters. The molecule has 0 aromatic carbocycles. The van der Waals surface area contributed by atoms with Crippen LogP contribution in [0.25, 0.3) is 0 Å². The molecule has 0 aromatic heterocycles. The Bertz CT molecular complexity index is 538. The molecule has 4 aliphatic carbocycles. The first-order valence-electron chi connectivity index (χ1n) is 9.72. The minimum atomic E-state index is -0.645. The van der Waals surface area contributed by atoms with E-state index in [4.69, 9.17) is 0 Å². The Hall–Kier alpha value is -0.340. The molecule has 0 unspecified atom stereocenters. The molecule has 2 heteroatoms. The van der Waals surface area contributed by atoms with Crippen LogP contribution in [0.15, 0.2) is 12.2 Å². The first-order chi connectivity index (χ1) is 10.6. The van der Waals surface area contributed by atoms with Crippen LogP contribution in [0, 0.1) is 34.0 Å². The molecule has 3 saturated carbocycles. The quantitative estimate of drug-likeness (QED) is 0.654. The number of allylic oxidation sites excluding steroid dienone is 1. The zero-order chi connectivity index (χ0) is 16.7. The maximum Gasteiger partial charge on any atom is 0.0805 e. The normalized spacial score (nSPS) is 61.7. The molecule has 2 nitrogen and oxygen atoms in total. The van der Waals surface area contributed by atoms with Crippen molar-refractivity contribution in [3.8, 4) is 0 Å². The van der Waals surface area contributed by atoms with Crippen LogP contribution in [0.5, 0.6) is 0 Å². The van der Waals surface area contributed by atoms with Crippen LogP contribution in [0.3, 0.4) is 0 Å². The Labute approximate surface area is 141 Å². The Kier molecular flexibility index (Phi) is 3.25. The molecular formula is C21H34O2. The van der Waals surface area contributed by atoms with Gasteiger partial charge in [0, 0.05) is 0 Å². The van der Waals surface area contributed by atoms with Crippen LogP contribution in [0.4, 0.5) is 0 Å². The highest BCUT2D eigenvalue weighted by Crippen LogP contribution is 2.69. The number of fused-ring (bicyclic) bond motifs is 5. The fraction of sp³-hybridized carbons (Fsp3) is 0.905. The van der Waals surface area contributed by atoms with Gasteiger partial charge in [-0.3, -0.25) is 0 Å². The van der Waals surface area contributed by atoms with E-state index < -0.39 is 5.60 Å². The van der Waals surface area contributed by atoms with Gasteiger partial charge in [-0.2, -0.15) is 0 Å². The maximum atomic E-state index is 10.6. The molecule has 0 bridgehead atoms. The van der Waals surface area contributed by atoms with Crippen molar-refractivity contribution in [3.05, 3.63) is 12.2 Å². The molecule has 2 N–H and O–H groups in total. The number of aliphatic hydroxyl groups is 2. The summed E-state index contributed by atoms with van der Waals surface area (Å²) in [7, 11) is 0. The van der Waals surface area contributed by atoms with Crippen LogP contribution in [-0.4, -0.2) is 21.9 Å². The minimum absolute atomic E-state index is 0.0859. The highest BCUT2D eigenvalue weighted by atomic mass is 16.3. The number of rotatable bonds is 0. The van der Waals surface area contributed by atoms with E-state index in [0.717, 1.165) is 24.7 Å². The molecule has 130 valence electrons. The van der Waals surface area contributed by atoms with Gasteiger partial charge in [-0.15, -0.1) is 0 Å².